The van der Waals surface area contributed by atoms with Gasteiger partial charge in [-0.3, -0.25) is 0 Å². The second kappa shape index (κ2) is 7.94. The number of hydrogen-bond acceptors (Lipinski definition) is 3. The lowest BCUT2D eigenvalue weighted by molar-refractivity contribution is 0.0734. The van der Waals surface area contributed by atoms with Crippen LogP contribution in [0.5, 0.6) is 5.75 Å². The summed E-state index contributed by atoms with van der Waals surface area (Å²) in [6.45, 7) is 0. The van der Waals surface area contributed by atoms with E-state index in [0.717, 1.165) is 18.4 Å². The van der Waals surface area contributed by atoms with Crippen molar-refractivity contribution in [3.8, 4) is 11.8 Å². The molecule has 2 aromatic carbocycles. The predicted molar refractivity (Wildman–Crippen MR) is 92.8 cm³/mol. The van der Waals surface area contributed by atoms with Crippen LogP contribution in [-0.4, -0.2) is 5.97 Å². The Kier molecular flexibility index (Phi) is 5.45. The van der Waals surface area contributed by atoms with Gasteiger partial charge in [0.05, 0.1) is 11.1 Å². The number of rotatable bonds is 5. The molecule has 1 fully saturated rings. The Morgan fingerprint density at radius 1 is 1.16 bits per heavy atom. The van der Waals surface area contributed by atoms with E-state index in [1.807, 2.05) is 12.1 Å². The molecule has 3 rings (SSSR count). The Morgan fingerprint density at radius 2 is 1.88 bits per heavy atom. The molecule has 0 unspecified atom stereocenters. The summed E-state index contributed by atoms with van der Waals surface area (Å²) in [6.07, 6.45) is 7.61. The van der Waals surface area contributed by atoms with Crippen LogP contribution >= 0.6 is 0 Å². The minimum atomic E-state index is -0.699. The van der Waals surface area contributed by atoms with E-state index in [4.69, 9.17) is 10.00 Å². The van der Waals surface area contributed by atoms with Crippen LogP contribution in [0.15, 0.2) is 42.5 Å². The maximum atomic E-state index is 13.6. The van der Waals surface area contributed by atoms with Crippen LogP contribution in [-0.2, 0) is 6.42 Å². The van der Waals surface area contributed by atoms with Crippen molar-refractivity contribution in [2.24, 2.45) is 5.92 Å². The lowest BCUT2D eigenvalue weighted by Gasteiger charge is -2.09. The van der Waals surface area contributed by atoms with Gasteiger partial charge in [0.15, 0.2) is 0 Å². The first-order valence-corrected chi connectivity index (χ1v) is 8.66. The third-order valence-electron chi connectivity index (χ3n) is 4.78. The molecule has 0 radical (unpaired) electrons. The van der Waals surface area contributed by atoms with Gasteiger partial charge in [0.25, 0.3) is 0 Å². The number of carbonyl (C=O) groups excluding carboxylic acids is 1. The Bertz CT molecular complexity index is 787. The first-order chi connectivity index (χ1) is 12.2. The van der Waals surface area contributed by atoms with Crippen LogP contribution in [0.3, 0.4) is 0 Å². The Morgan fingerprint density at radius 3 is 2.52 bits per heavy atom. The molecule has 3 nitrogen and oxygen atoms in total. The SMILES string of the molecule is N#Cc1ccc(OC(=O)c2ccc(CCC3CCCC3)cc2)cc1F. The van der Waals surface area contributed by atoms with E-state index in [1.165, 1.54) is 49.8 Å². The smallest absolute Gasteiger partial charge is 0.343 e. The number of hydrogen-bond donors (Lipinski definition) is 0. The molecule has 4 heteroatoms. The van der Waals surface area contributed by atoms with Crippen LogP contribution in [0.2, 0.25) is 0 Å². The molecule has 0 atom stereocenters. The van der Waals surface area contributed by atoms with E-state index in [2.05, 4.69) is 0 Å². The normalized spacial score (nSPS) is 14.2. The molecule has 0 N–H and O–H groups in total. The van der Waals surface area contributed by atoms with Gasteiger partial charge in [0.1, 0.15) is 17.6 Å². The van der Waals surface area contributed by atoms with Gasteiger partial charge in [0, 0.05) is 6.07 Å². The summed E-state index contributed by atoms with van der Waals surface area (Å²) in [5.41, 5.74) is 1.56. The highest BCUT2D eigenvalue weighted by Gasteiger charge is 2.15. The number of nitriles is 1. The number of aryl methyl sites for hydroxylation is 1. The van der Waals surface area contributed by atoms with Crippen molar-refractivity contribution < 1.29 is 13.9 Å². The first-order valence-electron chi connectivity index (χ1n) is 8.66. The summed E-state index contributed by atoms with van der Waals surface area (Å²) in [5, 5.41) is 8.71. The Hall–Kier alpha value is -2.67. The number of ether oxygens (including phenoxy) is 1. The van der Waals surface area contributed by atoms with Gasteiger partial charge in [-0.15, -0.1) is 0 Å². The molecule has 1 aliphatic carbocycles. The zero-order chi connectivity index (χ0) is 17.6. The highest BCUT2D eigenvalue weighted by atomic mass is 19.1. The highest BCUT2D eigenvalue weighted by Crippen LogP contribution is 2.28. The molecule has 0 spiro atoms. The fourth-order valence-corrected chi connectivity index (χ4v) is 3.29. The summed E-state index contributed by atoms with van der Waals surface area (Å²) in [4.78, 5) is 12.1. The fourth-order valence-electron chi connectivity index (χ4n) is 3.29. The molecule has 0 amide bonds. The lowest BCUT2D eigenvalue weighted by atomic mass is 9.98. The van der Waals surface area contributed by atoms with Crippen molar-refractivity contribution in [2.75, 3.05) is 0 Å². The number of halogens is 1. The lowest BCUT2D eigenvalue weighted by Crippen LogP contribution is -2.09. The topological polar surface area (TPSA) is 50.1 Å². The molecular formula is C21H20FNO2. The maximum absolute atomic E-state index is 13.6. The van der Waals surface area contributed by atoms with Gasteiger partial charge in [-0.1, -0.05) is 37.8 Å². The number of benzene rings is 2. The van der Waals surface area contributed by atoms with Crippen molar-refractivity contribution in [1.29, 1.82) is 5.26 Å². The Balaban J connectivity index is 1.58. The fraction of sp³-hybridized carbons (Fsp3) is 0.333. The minimum Gasteiger partial charge on any atom is -0.423 e. The van der Waals surface area contributed by atoms with E-state index in [0.29, 0.717) is 5.56 Å². The van der Waals surface area contributed by atoms with E-state index in [1.54, 1.807) is 18.2 Å². The average molecular weight is 337 g/mol. The van der Waals surface area contributed by atoms with E-state index in [-0.39, 0.29) is 11.3 Å². The van der Waals surface area contributed by atoms with E-state index < -0.39 is 11.8 Å². The maximum Gasteiger partial charge on any atom is 0.343 e. The molecule has 0 aliphatic heterocycles. The molecule has 0 heterocycles. The molecule has 2 aromatic rings. The average Bonchev–Trinajstić information content (AvgIpc) is 3.14. The highest BCUT2D eigenvalue weighted by molar-refractivity contribution is 5.91. The van der Waals surface area contributed by atoms with Gasteiger partial charge < -0.3 is 4.74 Å². The predicted octanol–water partition coefficient (Wildman–Crippen LogP) is 5.04. The van der Waals surface area contributed by atoms with Crippen LogP contribution in [0.25, 0.3) is 0 Å². The van der Waals surface area contributed by atoms with Crippen LogP contribution in [0.4, 0.5) is 4.39 Å². The van der Waals surface area contributed by atoms with Crippen molar-refractivity contribution in [2.45, 2.75) is 38.5 Å². The van der Waals surface area contributed by atoms with Crippen LogP contribution in [0, 0.1) is 23.1 Å². The van der Waals surface area contributed by atoms with Gasteiger partial charge in [-0.05, 0) is 48.6 Å². The quantitative estimate of drug-likeness (QED) is 0.567. The van der Waals surface area contributed by atoms with Gasteiger partial charge >= 0.3 is 5.97 Å². The minimum absolute atomic E-state index is 0.0774. The second-order valence-electron chi connectivity index (χ2n) is 6.53. The van der Waals surface area contributed by atoms with Gasteiger partial charge in [0.2, 0.25) is 0 Å². The molecule has 0 saturated heterocycles. The zero-order valence-corrected chi connectivity index (χ0v) is 14.0. The number of carbonyl (C=O) groups is 1. The van der Waals surface area contributed by atoms with Gasteiger partial charge in [-0.2, -0.15) is 5.26 Å². The second-order valence-corrected chi connectivity index (χ2v) is 6.53. The van der Waals surface area contributed by atoms with Crippen LogP contribution in [0.1, 0.15) is 53.6 Å². The largest absolute Gasteiger partial charge is 0.423 e. The molecule has 25 heavy (non-hydrogen) atoms. The van der Waals surface area contributed by atoms with E-state index >= 15 is 0 Å². The molecule has 0 aromatic heterocycles. The summed E-state index contributed by atoms with van der Waals surface area (Å²) in [7, 11) is 0. The summed E-state index contributed by atoms with van der Waals surface area (Å²) in [5.74, 6) is -0.302. The number of esters is 1. The monoisotopic (exact) mass is 337 g/mol. The third kappa shape index (κ3) is 4.45. The zero-order valence-electron chi connectivity index (χ0n) is 14.0. The van der Waals surface area contributed by atoms with Crippen molar-refractivity contribution in [3.05, 3.63) is 65.0 Å². The summed E-state index contributed by atoms with van der Waals surface area (Å²) < 4.78 is 18.7. The van der Waals surface area contributed by atoms with Crippen molar-refractivity contribution in [1.82, 2.24) is 0 Å². The molecule has 0 bridgehead atoms. The Labute approximate surface area is 147 Å². The molecule has 1 aliphatic rings. The van der Waals surface area contributed by atoms with Crippen molar-refractivity contribution in [3.63, 3.8) is 0 Å². The third-order valence-corrected chi connectivity index (χ3v) is 4.78. The van der Waals surface area contributed by atoms with Crippen molar-refractivity contribution >= 4 is 5.97 Å². The first kappa shape index (κ1) is 17.2. The molecule has 1 saturated carbocycles. The van der Waals surface area contributed by atoms with E-state index in [9.17, 15) is 9.18 Å². The summed E-state index contributed by atoms with van der Waals surface area (Å²) in [6, 6.07) is 12.9. The van der Waals surface area contributed by atoms with Crippen LogP contribution < -0.4 is 4.74 Å². The number of nitrogens with zero attached hydrogens (tertiary/aromatic N) is 1. The molecule has 128 valence electrons. The summed E-state index contributed by atoms with van der Waals surface area (Å²) >= 11 is 0. The van der Waals surface area contributed by atoms with Gasteiger partial charge in [-0.25, -0.2) is 9.18 Å². The standard InChI is InChI=1S/C21H20FNO2/c22-20-13-19(12-11-18(20)14-23)25-21(24)17-9-7-16(8-10-17)6-5-15-3-1-2-4-15/h7-13,15H,1-6H2. The molecular weight excluding hydrogens is 317 g/mol.